The van der Waals surface area contributed by atoms with Gasteiger partial charge in [0.1, 0.15) is 11.6 Å². The van der Waals surface area contributed by atoms with Gasteiger partial charge in [0, 0.05) is 51.7 Å². The van der Waals surface area contributed by atoms with Gasteiger partial charge in [-0.15, -0.1) is 0 Å². The van der Waals surface area contributed by atoms with Gasteiger partial charge in [-0.2, -0.15) is 0 Å². The minimum Gasteiger partial charge on any atom is -0.496 e. The third-order valence-corrected chi connectivity index (χ3v) is 6.57. The fraction of sp³-hybridized carbons (Fsp3) is 0.480. The molecule has 0 saturated carbocycles. The summed E-state index contributed by atoms with van der Waals surface area (Å²) in [5.41, 5.74) is 1.77. The van der Waals surface area contributed by atoms with Gasteiger partial charge in [-0.05, 0) is 43.0 Å². The Morgan fingerprint density at radius 3 is 2.55 bits per heavy atom. The van der Waals surface area contributed by atoms with Crippen LogP contribution in [0.4, 0.5) is 10.1 Å². The number of hydrogen-bond donors (Lipinski definition) is 0. The number of piperazine rings is 1. The van der Waals surface area contributed by atoms with E-state index in [9.17, 15) is 9.18 Å². The second-order valence-electron chi connectivity index (χ2n) is 8.42. The first-order valence-electron chi connectivity index (χ1n) is 11.3. The van der Waals surface area contributed by atoms with Crippen LogP contribution in [-0.4, -0.2) is 68.1 Å². The van der Waals surface area contributed by atoms with E-state index in [0.29, 0.717) is 24.6 Å². The van der Waals surface area contributed by atoms with Crippen LogP contribution in [0.1, 0.15) is 24.8 Å². The molecule has 2 aromatic rings. The van der Waals surface area contributed by atoms with Crippen molar-refractivity contribution in [2.45, 2.75) is 31.7 Å². The summed E-state index contributed by atoms with van der Waals surface area (Å²) < 4.78 is 19.5. The van der Waals surface area contributed by atoms with Gasteiger partial charge < -0.3 is 14.5 Å². The van der Waals surface area contributed by atoms with Gasteiger partial charge >= 0.3 is 0 Å². The van der Waals surface area contributed by atoms with E-state index in [0.717, 1.165) is 63.4 Å². The Hall–Kier alpha value is -2.60. The molecule has 6 heteroatoms. The number of nitrogens with zero attached hydrogens (tertiary/aromatic N) is 3. The van der Waals surface area contributed by atoms with Gasteiger partial charge in [0.25, 0.3) is 0 Å². The molecule has 166 valence electrons. The van der Waals surface area contributed by atoms with Gasteiger partial charge in [0.2, 0.25) is 5.91 Å². The molecule has 2 aliphatic rings. The molecule has 4 rings (SSSR count). The van der Waals surface area contributed by atoms with Crippen molar-refractivity contribution in [2.24, 2.45) is 0 Å². The van der Waals surface area contributed by atoms with Gasteiger partial charge in [-0.1, -0.05) is 30.3 Å². The number of likely N-dealkylation sites (tertiary alicyclic amines) is 1. The smallest absolute Gasteiger partial charge is 0.222 e. The zero-order valence-corrected chi connectivity index (χ0v) is 18.3. The second-order valence-corrected chi connectivity index (χ2v) is 8.42. The summed E-state index contributed by atoms with van der Waals surface area (Å²) >= 11 is 0. The third-order valence-electron chi connectivity index (χ3n) is 6.57. The van der Waals surface area contributed by atoms with E-state index in [1.54, 1.807) is 13.2 Å². The number of carbonyl (C=O) groups excluding carboxylic acids is 1. The zero-order valence-electron chi connectivity index (χ0n) is 18.3. The second kappa shape index (κ2) is 10.1. The molecule has 2 saturated heterocycles. The molecule has 5 nitrogen and oxygen atoms in total. The molecule has 2 heterocycles. The number of rotatable bonds is 6. The molecular weight excluding hydrogens is 393 g/mol. The number of halogens is 1. The average molecular weight is 426 g/mol. The highest BCUT2D eigenvalue weighted by Gasteiger charge is 2.30. The Labute approximate surface area is 184 Å². The standard InChI is InChI=1S/C25H32FN3O2/c1-31-24-11-5-2-7-20(24)12-13-25(30)29-14-6-8-21(19-29)27-15-17-28(18-16-27)23-10-4-3-9-22(23)26/h2-5,7,9-11,21H,6,8,12-19H2,1H3/t21-/m0/s1. The molecule has 0 radical (unpaired) electrons. The summed E-state index contributed by atoms with van der Waals surface area (Å²) in [4.78, 5) is 19.5. The van der Waals surface area contributed by atoms with Crippen molar-refractivity contribution in [3.8, 4) is 5.75 Å². The van der Waals surface area contributed by atoms with E-state index >= 15 is 0 Å². The summed E-state index contributed by atoms with van der Waals surface area (Å²) in [6.07, 6.45) is 3.37. The SMILES string of the molecule is COc1ccccc1CCC(=O)N1CCC[C@H](N2CCN(c3ccccc3F)CC2)C1. The number of anilines is 1. The number of methoxy groups -OCH3 is 1. The molecule has 1 amide bonds. The number of piperidine rings is 1. The van der Waals surface area contributed by atoms with Gasteiger partial charge in [0.05, 0.1) is 12.8 Å². The van der Waals surface area contributed by atoms with Gasteiger partial charge in [-0.25, -0.2) is 4.39 Å². The summed E-state index contributed by atoms with van der Waals surface area (Å²) in [6, 6.07) is 15.3. The highest BCUT2D eigenvalue weighted by molar-refractivity contribution is 5.76. The van der Waals surface area contributed by atoms with Crippen molar-refractivity contribution >= 4 is 11.6 Å². The Morgan fingerprint density at radius 2 is 1.77 bits per heavy atom. The molecule has 2 aliphatic heterocycles. The maximum Gasteiger partial charge on any atom is 0.222 e. The molecule has 0 aliphatic carbocycles. The first-order chi connectivity index (χ1) is 15.2. The molecule has 0 aromatic heterocycles. The molecule has 1 atom stereocenters. The van der Waals surface area contributed by atoms with Crippen molar-refractivity contribution < 1.29 is 13.9 Å². The van der Waals surface area contributed by atoms with Crippen molar-refractivity contribution in [1.29, 1.82) is 0 Å². The lowest BCUT2D eigenvalue weighted by molar-refractivity contribution is -0.133. The van der Waals surface area contributed by atoms with E-state index in [1.807, 2.05) is 41.3 Å². The van der Waals surface area contributed by atoms with E-state index in [-0.39, 0.29) is 11.7 Å². The number of carbonyl (C=O) groups is 1. The molecule has 2 fully saturated rings. The number of amides is 1. The zero-order chi connectivity index (χ0) is 21.6. The largest absolute Gasteiger partial charge is 0.496 e. The molecule has 0 N–H and O–H groups in total. The van der Waals surface area contributed by atoms with Crippen LogP contribution >= 0.6 is 0 Å². The number of hydrogen-bond acceptors (Lipinski definition) is 4. The lowest BCUT2D eigenvalue weighted by Crippen LogP contribution is -2.56. The lowest BCUT2D eigenvalue weighted by Gasteiger charge is -2.44. The predicted molar refractivity (Wildman–Crippen MR) is 121 cm³/mol. The summed E-state index contributed by atoms with van der Waals surface area (Å²) in [5, 5.41) is 0. The van der Waals surface area contributed by atoms with Crippen LogP contribution in [0.25, 0.3) is 0 Å². The van der Waals surface area contributed by atoms with E-state index in [1.165, 1.54) is 6.07 Å². The van der Waals surface area contributed by atoms with Crippen LogP contribution in [-0.2, 0) is 11.2 Å². The first kappa shape index (κ1) is 21.6. The monoisotopic (exact) mass is 425 g/mol. The van der Waals surface area contributed by atoms with Crippen molar-refractivity contribution in [2.75, 3.05) is 51.3 Å². The summed E-state index contributed by atoms with van der Waals surface area (Å²) in [5.74, 6) is 0.917. The van der Waals surface area contributed by atoms with Crippen molar-refractivity contribution in [3.63, 3.8) is 0 Å². The van der Waals surface area contributed by atoms with Crippen molar-refractivity contribution in [3.05, 3.63) is 59.9 Å². The fourth-order valence-corrected chi connectivity index (χ4v) is 4.82. The van der Waals surface area contributed by atoms with Gasteiger partial charge in [-0.3, -0.25) is 9.69 Å². The van der Waals surface area contributed by atoms with Crippen LogP contribution in [0.5, 0.6) is 5.75 Å². The predicted octanol–water partition coefficient (Wildman–Crippen LogP) is 3.58. The molecule has 2 aromatic carbocycles. The maximum atomic E-state index is 14.1. The van der Waals surface area contributed by atoms with Crippen LogP contribution < -0.4 is 9.64 Å². The van der Waals surface area contributed by atoms with Crippen LogP contribution in [0, 0.1) is 5.82 Å². The van der Waals surface area contributed by atoms with Crippen molar-refractivity contribution in [1.82, 2.24) is 9.80 Å². The van der Waals surface area contributed by atoms with E-state index in [4.69, 9.17) is 4.74 Å². The molecular formula is C25H32FN3O2. The Morgan fingerprint density at radius 1 is 1.03 bits per heavy atom. The van der Waals surface area contributed by atoms with Crippen LogP contribution in [0.2, 0.25) is 0 Å². The minimum absolute atomic E-state index is 0.152. The number of para-hydroxylation sites is 2. The number of aryl methyl sites for hydroxylation is 1. The summed E-state index contributed by atoms with van der Waals surface area (Å²) in [7, 11) is 1.67. The van der Waals surface area contributed by atoms with E-state index < -0.39 is 0 Å². The molecule has 0 spiro atoms. The molecule has 31 heavy (non-hydrogen) atoms. The topological polar surface area (TPSA) is 36.0 Å². The Kier molecular flexibility index (Phi) is 7.07. The first-order valence-corrected chi connectivity index (χ1v) is 11.3. The highest BCUT2D eigenvalue weighted by atomic mass is 19.1. The Bertz CT molecular complexity index is 883. The normalized spacial score (nSPS) is 20.0. The Balaban J connectivity index is 1.28. The maximum absolute atomic E-state index is 14.1. The van der Waals surface area contributed by atoms with Crippen LogP contribution in [0.3, 0.4) is 0 Å². The third kappa shape index (κ3) is 5.18. The number of ether oxygens (including phenoxy) is 1. The fourth-order valence-electron chi connectivity index (χ4n) is 4.82. The van der Waals surface area contributed by atoms with Crippen LogP contribution in [0.15, 0.2) is 48.5 Å². The molecule has 0 unspecified atom stereocenters. The molecule has 0 bridgehead atoms. The lowest BCUT2D eigenvalue weighted by atomic mass is 10.0. The highest BCUT2D eigenvalue weighted by Crippen LogP contribution is 2.24. The number of benzene rings is 2. The minimum atomic E-state index is -0.152. The average Bonchev–Trinajstić information content (AvgIpc) is 2.83. The quantitative estimate of drug-likeness (QED) is 0.709. The van der Waals surface area contributed by atoms with Gasteiger partial charge in [0.15, 0.2) is 0 Å². The van der Waals surface area contributed by atoms with E-state index in [2.05, 4.69) is 9.80 Å². The summed E-state index contributed by atoms with van der Waals surface area (Å²) in [6.45, 7) is 5.09.